The first-order valence-corrected chi connectivity index (χ1v) is 7.08. The van der Waals surface area contributed by atoms with E-state index in [1.54, 1.807) is 31.4 Å². The Hall–Kier alpha value is -3.08. The van der Waals surface area contributed by atoms with Gasteiger partial charge in [0.2, 0.25) is 0 Å². The van der Waals surface area contributed by atoms with E-state index >= 15 is 0 Å². The maximum absolute atomic E-state index is 12.3. The van der Waals surface area contributed by atoms with Gasteiger partial charge in [-0.1, -0.05) is 30.3 Å². The predicted octanol–water partition coefficient (Wildman–Crippen LogP) is 2.83. The van der Waals surface area contributed by atoms with Crippen LogP contribution in [0.2, 0.25) is 0 Å². The molecule has 1 aromatic heterocycles. The summed E-state index contributed by atoms with van der Waals surface area (Å²) in [5.74, 6) is 0.157. The fraction of sp³-hybridized carbons (Fsp3) is 0.111. The van der Waals surface area contributed by atoms with Gasteiger partial charge in [0.15, 0.2) is 0 Å². The van der Waals surface area contributed by atoms with Crippen LogP contribution in [0.3, 0.4) is 0 Å². The number of amides is 1. The minimum atomic E-state index is -0.666. The molecule has 5 heteroatoms. The number of carbonyl (C=O) groups excluding carboxylic acids is 1. The fourth-order valence-electron chi connectivity index (χ4n) is 2.56. The number of carbonyl (C=O) groups is 1. The number of fused-ring (bicyclic) bond motifs is 1. The zero-order chi connectivity index (χ0) is 16.4. The molecule has 0 aliphatic heterocycles. The highest BCUT2D eigenvalue weighted by Crippen LogP contribution is 2.32. The molecule has 116 valence electrons. The lowest BCUT2D eigenvalue weighted by Crippen LogP contribution is -2.26. The highest BCUT2D eigenvalue weighted by atomic mass is 16.5. The van der Waals surface area contributed by atoms with Crippen LogP contribution in [0.1, 0.15) is 10.4 Å². The summed E-state index contributed by atoms with van der Waals surface area (Å²) in [6.07, 6.45) is 0. The molecule has 0 spiro atoms. The van der Waals surface area contributed by atoms with Crippen LogP contribution in [-0.2, 0) is 0 Å². The minimum absolute atomic E-state index is 0.0144. The number of ether oxygens (including phenoxy) is 1. The van der Waals surface area contributed by atoms with E-state index in [-0.39, 0.29) is 5.56 Å². The van der Waals surface area contributed by atoms with E-state index in [2.05, 4.69) is 5.32 Å². The molecule has 0 saturated heterocycles. The topological polar surface area (TPSA) is 68.5 Å². The summed E-state index contributed by atoms with van der Waals surface area (Å²) in [5.41, 5.74) is 1.01. The van der Waals surface area contributed by atoms with Gasteiger partial charge in [-0.2, -0.15) is 0 Å². The molecule has 0 aliphatic rings. The van der Waals surface area contributed by atoms with Gasteiger partial charge in [-0.25, -0.2) is 4.79 Å². The Morgan fingerprint density at radius 3 is 2.65 bits per heavy atom. The third kappa shape index (κ3) is 2.57. The van der Waals surface area contributed by atoms with E-state index in [1.807, 2.05) is 24.3 Å². The molecule has 0 unspecified atom stereocenters. The van der Waals surface area contributed by atoms with Gasteiger partial charge < -0.3 is 14.5 Å². The number of hydrogen-bond donors (Lipinski definition) is 1. The Morgan fingerprint density at radius 2 is 1.91 bits per heavy atom. The molecule has 0 saturated carbocycles. The molecule has 3 aromatic rings. The van der Waals surface area contributed by atoms with Crippen LogP contribution in [0.15, 0.2) is 57.7 Å². The number of para-hydroxylation sites is 1. The van der Waals surface area contributed by atoms with Gasteiger partial charge in [0.1, 0.15) is 16.9 Å². The second-order valence-electron chi connectivity index (χ2n) is 4.95. The molecule has 1 heterocycles. The first kappa shape index (κ1) is 14.8. The lowest BCUT2D eigenvalue weighted by molar-refractivity contribution is 0.0960. The molecule has 5 nitrogen and oxygen atoms in total. The first-order valence-electron chi connectivity index (χ1n) is 7.08. The maximum Gasteiger partial charge on any atom is 0.349 e. The van der Waals surface area contributed by atoms with Crippen molar-refractivity contribution in [2.45, 2.75) is 0 Å². The van der Waals surface area contributed by atoms with Gasteiger partial charge in [0.25, 0.3) is 5.91 Å². The highest BCUT2D eigenvalue weighted by Gasteiger charge is 2.21. The van der Waals surface area contributed by atoms with Crippen LogP contribution in [-0.4, -0.2) is 20.1 Å². The van der Waals surface area contributed by atoms with Gasteiger partial charge in [-0.05, 0) is 23.8 Å². The Balaban J connectivity index is 2.44. The highest BCUT2D eigenvalue weighted by molar-refractivity contribution is 6.07. The summed E-state index contributed by atoms with van der Waals surface area (Å²) in [6, 6.07) is 14.4. The Labute approximate surface area is 132 Å². The lowest BCUT2D eigenvalue weighted by Gasteiger charge is -2.12. The summed E-state index contributed by atoms with van der Waals surface area (Å²) < 4.78 is 10.5. The maximum atomic E-state index is 12.3. The molecule has 0 fully saturated rings. The molecular formula is C18H15NO4. The van der Waals surface area contributed by atoms with Crippen molar-refractivity contribution in [1.29, 1.82) is 0 Å². The second kappa shape index (κ2) is 5.96. The SMILES string of the molecule is CNC(=O)c1c(-c2cccc(OC)c2)c2ccccc2oc1=O. The van der Waals surface area contributed by atoms with Gasteiger partial charge in [-0.3, -0.25) is 4.79 Å². The monoisotopic (exact) mass is 309 g/mol. The van der Waals surface area contributed by atoms with E-state index in [9.17, 15) is 9.59 Å². The normalized spacial score (nSPS) is 10.5. The van der Waals surface area contributed by atoms with E-state index in [0.717, 1.165) is 0 Å². The molecule has 2 aromatic carbocycles. The lowest BCUT2D eigenvalue weighted by atomic mass is 9.96. The zero-order valence-electron chi connectivity index (χ0n) is 12.8. The van der Waals surface area contributed by atoms with E-state index < -0.39 is 11.5 Å². The summed E-state index contributed by atoms with van der Waals surface area (Å²) in [4.78, 5) is 24.5. The standard InChI is InChI=1S/C18H15NO4/c1-19-17(20)16-15(11-6-5-7-12(10-11)22-2)13-8-3-4-9-14(13)23-18(16)21/h3-10H,1-2H3,(H,19,20). The molecule has 3 rings (SSSR count). The number of rotatable bonds is 3. The molecule has 1 amide bonds. The van der Waals surface area contributed by atoms with E-state index in [1.165, 1.54) is 7.05 Å². The molecule has 0 atom stereocenters. The number of methoxy groups -OCH3 is 1. The summed E-state index contributed by atoms with van der Waals surface area (Å²) in [6.45, 7) is 0. The molecule has 0 bridgehead atoms. The minimum Gasteiger partial charge on any atom is -0.497 e. The van der Waals surface area contributed by atoms with Gasteiger partial charge in [0.05, 0.1) is 7.11 Å². The third-order valence-electron chi connectivity index (χ3n) is 3.63. The second-order valence-corrected chi connectivity index (χ2v) is 4.95. The Kier molecular flexibility index (Phi) is 3.85. The van der Waals surface area contributed by atoms with Gasteiger partial charge >= 0.3 is 5.63 Å². The molecule has 0 aliphatic carbocycles. The largest absolute Gasteiger partial charge is 0.497 e. The molecule has 23 heavy (non-hydrogen) atoms. The van der Waals surface area contributed by atoms with Crippen molar-refractivity contribution < 1.29 is 13.9 Å². The first-order chi connectivity index (χ1) is 11.2. The number of hydrogen-bond acceptors (Lipinski definition) is 4. The van der Waals surface area contributed by atoms with Crippen molar-refractivity contribution in [2.24, 2.45) is 0 Å². The van der Waals surface area contributed by atoms with E-state index in [0.29, 0.717) is 27.8 Å². The van der Waals surface area contributed by atoms with Crippen LogP contribution in [0.4, 0.5) is 0 Å². The molecular weight excluding hydrogens is 294 g/mol. The van der Waals surface area contributed by atoms with Gasteiger partial charge in [-0.15, -0.1) is 0 Å². The van der Waals surface area contributed by atoms with Gasteiger partial charge in [0, 0.05) is 18.0 Å². The van der Waals surface area contributed by atoms with Crippen molar-refractivity contribution in [3.63, 3.8) is 0 Å². The fourth-order valence-corrected chi connectivity index (χ4v) is 2.56. The Morgan fingerprint density at radius 1 is 1.13 bits per heavy atom. The smallest absolute Gasteiger partial charge is 0.349 e. The van der Waals surface area contributed by atoms with Crippen molar-refractivity contribution in [2.75, 3.05) is 14.2 Å². The van der Waals surface area contributed by atoms with E-state index in [4.69, 9.17) is 9.15 Å². The average Bonchev–Trinajstić information content (AvgIpc) is 2.60. The summed E-state index contributed by atoms with van der Waals surface area (Å²) in [5, 5.41) is 3.19. The van der Waals surface area contributed by atoms with Crippen molar-refractivity contribution in [1.82, 2.24) is 5.32 Å². The third-order valence-corrected chi connectivity index (χ3v) is 3.63. The van der Waals surface area contributed by atoms with Crippen LogP contribution in [0.25, 0.3) is 22.1 Å². The Bertz CT molecular complexity index is 943. The van der Waals surface area contributed by atoms with Crippen LogP contribution in [0, 0.1) is 0 Å². The zero-order valence-corrected chi connectivity index (χ0v) is 12.8. The quantitative estimate of drug-likeness (QED) is 0.755. The van der Waals surface area contributed by atoms with Crippen molar-refractivity contribution >= 4 is 16.9 Å². The molecule has 1 N–H and O–H groups in total. The summed E-state index contributed by atoms with van der Waals surface area (Å²) in [7, 11) is 3.04. The number of nitrogens with one attached hydrogen (secondary N) is 1. The van der Waals surface area contributed by atoms with Crippen LogP contribution in [0.5, 0.6) is 5.75 Å². The predicted molar refractivity (Wildman–Crippen MR) is 87.9 cm³/mol. The summed E-state index contributed by atoms with van der Waals surface area (Å²) >= 11 is 0. The molecule has 0 radical (unpaired) electrons. The van der Waals surface area contributed by atoms with Crippen LogP contribution < -0.4 is 15.7 Å². The number of benzene rings is 2. The van der Waals surface area contributed by atoms with Crippen LogP contribution >= 0.6 is 0 Å². The van der Waals surface area contributed by atoms with Crippen molar-refractivity contribution in [3.05, 3.63) is 64.5 Å². The van der Waals surface area contributed by atoms with Crippen molar-refractivity contribution in [3.8, 4) is 16.9 Å². The average molecular weight is 309 g/mol.